The lowest BCUT2D eigenvalue weighted by Crippen LogP contribution is -2.43. The van der Waals surface area contributed by atoms with E-state index in [1.165, 1.54) is 0 Å². The molecule has 118 valence electrons. The molecule has 0 aromatic carbocycles. The standard InChI is InChI=1S/C16H22N4O2/c1-10-2-5-15(19-18-10)20-7-6-11-8-13(22-14(11)9-20)16(21)17-12-3-4-12/h2,5,11-14H,3-4,6-9H2,1H3,(H,17,21)/t11-,13+,14-/m1/s1. The first-order chi connectivity index (χ1) is 10.7. The molecule has 6 nitrogen and oxygen atoms in total. The van der Waals surface area contributed by atoms with Gasteiger partial charge >= 0.3 is 0 Å². The summed E-state index contributed by atoms with van der Waals surface area (Å²) in [5.74, 6) is 1.47. The number of amides is 1. The Morgan fingerprint density at radius 2 is 2.18 bits per heavy atom. The van der Waals surface area contributed by atoms with E-state index in [2.05, 4.69) is 20.4 Å². The van der Waals surface area contributed by atoms with E-state index in [1.54, 1.807) is 0 Å². The van der Waals surface area contributed by atoms with Crippen molar-refractivity contribution in [1.82, 2.24) is 15.5 Å². The highest BCUT2D eigenvalue weighted by Gasteiger charge is 2.43. The van der Waals surface area contributed by atoms with Crippen LogP contribution in [0.1, 0.15) is 31.4 Å². The molecule has 1 saturated carbocycles. The summed E-state index contributed by atoms with van der Waals surface area (Å²) in [5, 5.41) is 11.4. The average Bonchev–Trinajstić information content (AvgIpc) is 3.23. The van der Waals surface area contributed by atoms with E-state index in [1.807, 2.05) is 19.1 Å². The molecule has 1 N–H and O–H groups in total. The van der Waals surface area contributed by atoms with Crippen LogP contribution >= 0.6 is 0 Å². The molecule has 2 saturated heterocycles. The van der Waals surface area contributed by atoms with Crippen LogP contribution < -0.4 is 10.2 Å². The number of aromatic nitrogens is 2. The van der Waals surface area contributed by atoms with Gasteiger partial charge in [0.05, 0.1) is 11.8 Å². The smallest absolute Gasteiger partial charge is 0.249 e. The van der Waals surface area contributed by atoms with Crippen LogP contribution in [0.5, 0.6) is 0 Å². The molecule has 1 aromatic rings. The van der Waals surface area contributed by atoms with Gasteiger partial charge in [-0.15, -0.1) is 5.10 Å². The lowest BCUT2D eigenvalue weighted by atomic mass is 9.91. The van der Waals surface area contributed by atoms with E-state index in [-0.39, 0.29) is 18.1 Å². The van der Waals surface area contributed by atoms with E-state index in [0.717, 1.165) is 50.3 Å². The summed E-state index contributed by atoms with van der Waals surface area (Å²) >= 11 is 0. The van der Waals surface area contributed by atoms with Crippen molar-refractivity contribution >= 4 is 11.7 Å². The number of ether oxygens (including phenoxy) is 1. The molecule has 2 aliphatic heterocycles. The van der Waals surface area contributed by atoms with Gasteiger partial charge in [-0.1, -0.05) is 0 Å². The van der Waals surface area contributed by atoms with E-state index >= 15 is 0 Å². The number of hydrogen-bond donors (Lipinski definition) is 1. The highest BCUT2D eigenvalue weighted by atomic mass is 16.5. The first-order valence-corrected chi connectivity index (χ1v) is 8.20. The van der Waals surface area contributed by atoms with Crippen molar-refractivity contribution in [3.63, 3.8) is 0 Å². The minimum atomic E-state index is -0.264. The monoisotopic (exact) mass is 302 g/mol. The van der Waals surface area contributed by atoms with Crippen molar-refractivity contribution < 1.29 is 9.53 Å². The summed E-state index contributed by atoms with van der Waals surface area (Å²) in [6, 6.07) is 4.39. The number of fused-ring (bicyclic) bond motifs is 1. The summed E-state index contributed by atoms with van der Waals surface area (Å²) in [4.78, 5) is 14.4. The molecule has 1 aliphatic carbocycles. The second kappa shape index (κ2) is 5.50. The Morgan fingerprint density at radius 3 is 2.91 bits per heavy atom. The molecule has 1 aromatic heterocycles. The minimum Gasteiger partial charge on any atom is -0.363 e. The quantitative estimate of drug-likeness (QED) is 0.904. The number of rotatable bonds is 3. The molecule has 6 heteroatoms. The summed E-state index contributed by atoms with van der Waals surface area (Å²) < 4.78 is 6.03. The van der Waals surface area contributed by atoms with Gasteiger partial charge in [0.25, 0.3) is 0 Å². The molecule has 3 aliphatic rings. The van der Waals surface area contributed by atoms with E-state index < -0.39 is 0 Å². The molecule has 3 atom stereocenters. The van der Waals surface area contributed by atoms with Gasteiger partial charge in [-0.25, -0.2) is 0 Å². The second-order valence-corrected chi connectivity index (χ2v) is 6.71. The van der Waals surface area contributed by atoms with Crippen LogP contribution in [0.25, 0.3) is 0 Å². The molecule has 0 radical (unpaired) electrons. The predicted octanol–water partition coefficient (Wildman–Crippen LogP) is 1.05. The Bertz CT molecular complexity index is 558. The van der Waals surface area contributed by atoms with Crippen LogP contribution in [0.15, 0.2) is 12.1 Å². The predicted molar refractivity (Wildman–Crippen MR) is 81.5 cm³/mol. The normalized spacial score (nSPS) is 31.0. The van der Waals surface area contributed by atoms with Crippen LogP contribution in [0.3, 0.4) is 0 Å². The average molecular weight is 302 g/mol. The molecule has 0 bridgehead atoms. The van der Waals surface area contributed by atoms with Crippen molar-refractivity contribution in [3.05, 3.63) is 17.8 Å². The van der Waals surface area contributed by atoms with Gasteiger partial charge in [0, 0.05) is 19.1 Å². The van der Waals surface area contributed by atoms with Gasteiger partial charge in [0.15, 0.2) is 5.82 Å². The van der Waals surface area contributed by atoms with Crippen molar-refractivity contribution in [3.8, 4) is 0 Å². The van der Waals surface area contributed by atoms with Gasteiger partial charge in [0.1, 0.15) is 6.10 Å². The van der Waals surface area contributed by atoms with Crippen LogP contribution in [-0.4, -0.2) is 47.4 Å². The lowest BCUT2D eigenvalue weighted by molar-refractivity contribution is -0.132. The summed E-state index contributed by atoms with van der Waals surface area (Å²) in [6.07, 6.45) is 4.01. The van der Waals surface area contributed by atoms with Crippen LogP contribution in [0.4, 0.5) is 5.82 Å². The first-order valence-electron chi connectivity index (χ1n) is 8.20. The molecular weight excluding hydrogens is 280 g/mol. The zero-order valence-electron chi connectivity index (χ0n) is 12.9. The Labute approximate surface area is 130 Å². The Balaban J connectivity index is 1.38. The SMILES string of the molecule is Cc1ccc(N2CC[C@@H]3C[C@@H](C(=O)NC4CC4)O[C@@H]3C2)nn1. The van der Waals surface area contributed by atoms with Gasteiger partial charge in [-0.05, 0) is 50.7 Å². The molecule has 0 spiro atoms. The fraction of sp³-hybridized carbons (Fsp3) is 0.688. The molecule has 0 unspecified atom stereocenters. The van der Waals surface area contributed by atoms with Crippen LogP contribution in [0.2, 0.25) is 0 Å². The molecule has 4 rings (SSSR count). The fourth-order valence-corrected chi connectivity index (χ4v) is 3.39. The van der Waals surface area contributed by atoms with Crippen molar-refractivity contribution in [2.75, 3.05) is 18.0 Å². The highest BCUT2D eigenvalue weighted by Crippen LogP contribution is 2.35. The number of nitrogens with zero attached hydrogens (tertiary/aromatic N) is 3. The summed E-state index contributed by atoms with van der Waals surface area (Å²) in [5.41, 5.74) is 0.924. The molecule has 22 heavy (non-hydrogen) atoms. The lowest BCUT2D eigenvalue weighted by Gasteiger charge is -2.34. The first kappa shape index (κ1) is 13.9. The zero-order chi connectivity index (χ0) is 15.1. The third-order valence-electron chi connectivity index (χ3n) is 4.88. The van der Waals surface area contributed by atoms with Crippen molar-refractivity contribution in [1.29, 1.82) is 0 Å². The molecule has 3 heterocycles. The van der Waals surface area contributed by atoms with Gasteiger partial charge in [-0.2, -0.15) is 5.10 Å². The topological polar surface area (TPSA) is 67.4 Å². The maximum absolute atomic E-state index is 12.2. The fourth-order valence-electron chi connectivity index (χ4n) is 3.39. The molecule has 1 amide bonds. The summed E-state index contributed by atoms with van der Waals surface area (Å²) in [7, 11) is 0. The number of nitrogens with one attached hydrogen (secondary N) is 1. The third-order valence-corrected chi connectivity index (χ3v) is 4.88. The number of aryl methyl sites for hydroxylation is 1. The number of hydrogen-bond acceptors (Lipinski definition) is 5. The van der Waals surface area contributed by atoms with Gasteiger partial charge in [-0.3, -0.25) is 4.79 Å². The Morgan fingerprint density at radius 1 is 1.32 bits per heavy atom. The van der Waals surface area contributed by atoms with Crippen molar-refractivity contribution in [2.45, 2.75) is 50.9 Å². The van der Waals surface area contributed by atoms with Gasteiger partial charge < -0.3 is 15.0 Å². The second-order valence-electron chi connectivity index (χ2n) is 6.71. The number of carbonyl (C=O) groups excluding carboxylic acids is 1. The van der Waals surface area contributed by atoms with Crippen LogP contribution in [-0.2, 0) is 9.53 Å². The number of carbonyl (C=O) groups is 1. The number of anilines is 1. The molecule has 3 fully saturated rings. The maximum Gasteiger partial charge on any atom is 0.249 e. The third kappa shape index (κ3) is 2.79. The van der Waals surface area contributed by atoms with E-state index in [0.29, 0.717) is 12.0 Å². The zero-order valence-corrected chi connectivity index (χ0v) is 12.9. The highest BCUT2D eigenvalue weighted by molar-refractivity contribution is 5.81. The Hall–Kier alpha value is -1.69. The number of piperidine rings is 1. The van der Waals surface area contributed by atoms with Crippen molar-refractivity contribution in [2.24, 2.45) is 5.92 Å². The minimum absolute atomic E-state index is 0.0820. The summed E-state index contributed by atoms with van der Waals surface area (Å²) in [6.45, 7) is 3.70. The Kier molecular flexibility index (Phi) is 3.48. The maximum atomic E-state index is 12.2. The van der Waals surface area contributed by atoms with Gasteiger partial charge in [0.2, 0.25) is 5.91 Å². The largest absolute Gasteiger partial charge is 0.363 e. The van der Waals surface area contributed by atoms with Crippen LogP contribution in [0, 0.1) is 12.8 Å². The van der Waals surface area contributed by atoms with E-state index in [4.69, 9.17) is 4.74 Å². The molecular formula is C16H22N4O2. The van der Waals surface area contributed by atoms with E-state index in [9.17, 15) is 4.79 Å².